The van der Waals surface area contributed by atoms with E-state index in [9.17, 15) is 14.3 Å². The highest BCUT2D eigenvalue weighted by Gasteiger charge is 2.11. The molecule has 0 amide bonds. The van der Waals surface area contributed by atoms with Gasteiger partial charge in [0.2, 0.25) is 0 Å². The number of hydrogen-bond acceptors (Lipinski definition) is 4. The molecule has 0 spiro atoms. The number of methoxy groups -OCH3 is 1. The molecule has 0 saturated carbocycles. The van der Waals surface area contributed by atoms with Crippen molar-refractivity contribution in [1.29, 1.82) is 0 Å². The van der Waals surface area contributed by atoms with Gasteiger partial charge in [-0.15, -0.1) is 0 Å². The van der Waals surface area contributed by atoms with Crippen LogP contribution in [-0.4, -0.2) is 18.2 Å². The first-order valence-corrected chi connectivity index (χ1v) is 8.68. The van der Waals surface area contributed by atoms with Gasteiger partial charge in [0.25, 0.3) is 0 Å². The Bertz CT molecular complexity index is 974. The first-order chi connectivity index (χ1) is 13.6. The van der Waals surface area contributed by atoms with E-state index in [1.54, 1.807) is 24.3 Å². The maximum Gasteiger partial charge on any atom is 0.335 e. The summed E-state index contributed by atoms with van der Waals surface area (Å²) >= 11 is 0. The normalized spacial score (nSPS) is 10.4. The first kappa shape index (κ1) is 19.2. The molecule has 3 rings (SSSR count). The van der Waals surface area contributed by atoms with Crippen molar-refractivity contribution in [3.8, 4) is 11.5 Å². The van der Waals surface area contributed by atoms with Crippen LogP contribution >= 0.6 is 0 Å². The fourth-order valence-electron chi connectivity index (χ4n) is 2.73. The lowest BCUT2D eigenvalue weighted by molar-refractivity contribution is 0.0697. The van der Waals surface area contributed by atoms with Crippen LogP contribution in [-0.2, 0) is 13.2 Å². The number of anilines is 1. The minimum atomic E-state index is -1.01. The number of ether oxygens (including phenoxy) is 2. The molecule has 5 nitrogen and oxygen atoms in total. The lowest BCUT2D eigenvalue weighted by Gasteiger charge is -2.15. The highest BCUT2D eigenvalue weighted by molar-refractivity contribution is 5.89. The Hall–Kier alpha value is -3.54. The van der Waals surface area contributed by atoms with Crippen LogP contribution in [0.4, 0.5) is 10.1 Å². The summed E-state index contributed by atoms with van der Waals surface area (Å²) < 4.78 is 24.9. The Morgan fingerprint density at radius 1 is 1.00 bits per heavy atom. The van der Waals surface area contributed by atoms with E-state index in [2.05, 4.69) is 5.32 Å². The topological polar surface area (TPSA) is 67.8 Å². The minimum Gasteiger partial charge on any atom is -0.495 e. The summed E-state index contributed by atoms with van der Waals surface area (Å²) in [6.45, 7) is 0.494. The monoisotopic (exact) mass is 381 g/mol. The molecule has 0 radical (unpaired) electrons. The summed E-state index contributed by atoms with van der Waals surface area (Å²) in [4.78, 5) is 11.2. The summed E-state index contributed by atoms with van der Waals surface area (Å²) in [5.41, 5.74) is 2.04. The van der Waals surface area contributed by atoms with Crippen LogP contribution in [0.25, 0.3) is 0 Å². The molecule has 2 N–H and O–H groups in total. The Labute approximate surface area is 162 Å². The molecule has 28 heavy (non-hydrogen) atoms. The molecule has 0 aliphatic carbocycles. The lowest BCUT2D eigenvalue weighted by Crippen LogP contribution is -2.06. The van der Waals surface area contributed by atoms with E-state index in [1.165, 1.54) is 25.3 Å². The van der Waals surface area contributed by atoms with Crippen molar-refractivity contribution < 1.29 is 23.8 Å². The fourth-order valence-corrected chi connectivity index (χ4v) is 2.73. The molecular formula is C22H20FNO4. The molecule has 3 aromatic carbocycles. The van der Waals surface area contributed by atoms with Gasteiger partial charge in [0.15, 0.2) is 0 Å². The molecule has 0 aliphatic rings. The van der Waals surface area contributed by atoms with Gasteiger partial charge < -0.3 is 19.9 Å². The van der Waals surface area contributed by atoms with Crippen molar-refractivity contribution in [2.24, 2.45) is 0 Å². The Balaban J connectivity index is 1.74. The van der Waals surface area contributed by atoms with E-state index in [1.807, 2.05) is 24.3 Å². The summed E-state index contributed by atoms with van der Waals surface area (Å²) in [6.07, 6.45) is 0. The molecule has 3 aromatic rings. The number of para-hydroxylation sites is 1. The number of rotatable bonds is 8. The van der Waals surface area contributed by atoms with Crippen molar-refractivity contribution in [3.63, 3.8) is 0 Å². The van der Waals surface area contributed by atoms with Crippen molar-refractivity contribution >= 4 is 11.7 Å². The van der Waals surface area contributed by atoms with Crippen molar-refractivity contribution in [2.45, 2.75) is 13.2 Å². The van der Waals surface area contributed by atoms with E-state index < -0.39 is 5.97 Å². The third-order valence-corrected chi connectivity index (χ3v) is 4.23. The number of nitrogens with one attached hydrogen (secondary N) is 1. The first-order valence-electron chi connectivity index (χ1n) is 8.68. The fraction of sp³-hybridized carbons (Fsp3) is 0.136. The van der Waals surface area contributed by atoms with Crippen molar-refractivity contribution in [2.75, 3.05) is 12.4 Å². The molecule has 144 valence electrons. The molecule has 0 unspecified atom stereocenters. The Kier molecular flexibility index (Phi) is 6.11. The average Bonchev–Trinajstić information content (AvgIpc) is 2.72. The maximum atomic E-state index is 13.8. The number of carbonyl (C=O) groups is 1. The van der Waals surface area contributed by atoms with E-state index in [0.29, 0.717) is 29.3 Å². The molecule has 0 saturated heterocycles. The number of carboxylic acid groups (broad SMARTS) is 1. The van der Waals surface area contributed by atoms with E-state index in [0.717, 1.165) is 5.56 Å². The van der Waals surface area contributed by atoms with Gasteiger partial charge in [-0.1, -0.05) is 36.4 Å². The van der Waals surface area contributed by atoms with Crippen LogP contribution in [0.5, 0.6) is 11.5 Å². The molecule has 6 heteroatoms. The number of aromatic carboxylic acids is 1. The van der Waals surface area contributed by atoms with E-state index >= 15 is 0 Å². The summed E-state index contributed by atoms with van der Waals surface area (Å²) in [5, 5.41) is 12.4. The Morgan fingerprint density at radius 3 is 2.43 bits per heavy atom. The highest BCUT2D eigenvalue weighted by atomic mass is 19.1. The van der Waals surface area contributed by atoms with Crippen LogP contribution in [0.15, 0.2) is 66.7 Å². The molecule has 0 heterocycles. The van der Waals surface area contributed by atoms with Crippen LogP contribution in [0.2, 0.25) is 0 Å². The van der Waals surface area contributed by atoms with Gasteiger partial charge in [0.05, 0.1) is 18.4 Å². The highest BCUT2D eigenvalue weighted by Crippen LogP contribution is 2.28. The maximum absolute atomic E-state index is 13.8. The summed E-state index contributed by atoms with van der Waals surface area (Å²) in [7, 11) is 1.52. The quantitative estimate of drug-likeness (QED) is 0.591. The van der Waals surface area contributed by atoms with Crippen LogP contribution in [0.1, 0.15) is 21.5 Å². The predicted octanol–water partition coefficient (Wildman–Crippen LogP) is 4.72. The van der Waals surface area contributed by atoms with Gasteiger partial charge in [-0.2, -0.15) is 0 Å². The number of halogens is 1. The summed E-state index contributed by atoms with van der Waals surface area (Å²) in [5.74, 6) is -0.172. The van der Waals surface area contributed by atoms with Crippen molar-refractivity contribution in [1.82, 2.24) is 0 Å². The van der Waals surface area contributed by atoms with Gasteiger partial charge in [-0.3, -0.25) is 0 Å². The molecular weight excluding hydrogens is 361 g/mol. The van der Waals surface area contributed by atoms with Crippen LogP contribution < -0.4 is 14.8 Å². The predicted molar refractivity (Wildman–Crippen MR) is 104 cm³/mol. The minimum absolute atomic E-state index is 0.113. The Morgan fingerprint density at radius 2 is 1.71 bits per heavy atom. The lowest BCUT2D eigenvalue weighted by atomic mass is 10.1. The second kappa shape index (κ2) is 8.90. The molecule has 0 fully saturated rings. The number of benzene rings is 3. The molecule has 0 bridgehead atoms. The zero-order chi connectivity index (χ0) is 19.9. The van der Waals surface area contributed by atoms with Gasteiger partial charge in [-0.05, 0) is 30.3 Å². The third-order valence-electron chi connectivity index (χ3n) is 4.23. The van der Waals surface area contributed by atoms with Gasteiger partial charge in [0.1, 0.15) is 23.9 Å². The van der Waals surface area contributed by atoms with E-state index in [4.69, 9.17) is 9.47 Å². The van der Waals surface area contributed by atoms with Crippen LogP contribution in [0.3, 0.4) is 0 Å². The average molecular weight is 381 g/mol. The zero-order valence-electron chi connectivity index (χ0n) is 15.3. The van der Waals surface area contributed by atoms with Crippen LogP contribution in [0, 0.1) is 5.82 Å². The second-order valence-corrected chi connectivity index (χ2v) is 6.06. The van der Waals surface area contributed by atoms with Crippen molar-refractivity contribution in [3.05, 3.63) is 89.2 Å². The SMILES string of the molecule is COc1ccc(C(=O)O)cc1NCc1ccccc1OCc1ccccc1F. The standard InChI is InChI=1S/C22H20FNO4/c1-27-21-11-10-15(22(25)26)12-19(21)24-13-16-6-3-5-9-20(16)28-14-17-7-2-4-8-18(17)23/h2-12,24H,13-14H2,1H3,(H,25,26). The molecule has 0 atom stereocenters. The largest absolute Gasteiger partial charge is 0.495 e. The smallest absolute Gasteiger partial charge is 0.335 e. The van der Waals surface area contributed by atoms with E-state index in [-0.39, 0.29) is 18.0 Å². The number of carboxylic acids is 1. The molecule has 0 aromatic heterocycles. The zero-order valence-corrected chi connectivity index (χ0v) is 15.3. The second-order valence-electron chi connectivity index (χ2n) is 6.06. The van der Waals surface area contributed by atoms with Gasteiger partial charge in [-0.25, -0.2) is 9.18 Å². The van der Waals surface area contributed by atoms with Gasteiger partial charge >= 0.3 is 5.97 Å². The molecule has 0 aliphatic heterocycles. The third kappa shape index (κ3) is 4.59. The van der Waals surface area contributed by atoms with Gasteiger partial charge in [0, 0.05) is 17.7 Å². The number of hydrogen-bond donors (Lipinski definition) is 2. The summed E-state index contributed by atoms with van der Waals surface area (Å²) in [6, 6.07) is 18.5.